The maximum absolute atomic E-state index is 13.6. The average Bonchev–Trinajstić information content (AvgIpc) is 2.51. The van der Waals surface area contributed by atoms with Crippen LogP contribution in [0.25, 0.3) is 0 Å². The van der Waals surface area contributed by atoms with Crippen LogP contribution in [0.2, 0.25) is 0 Å². The van der Waals surface area contributed by atoms with Crippen LogP contribution in [0.4, 0.5) is 4.39 Å². The molecule has 3 N–H and O–H groups in total. The number of carbonyl (C=O) groups is 1. The molecule has 0 aliphatic rings. The zero-order valence-electron chi connectivity index (χ0n) is 12.8. The summed E-state index contributed by atoms with van der Waals surface area (Å²) >= 11 is 0. The maximum atomic E-state index is 13.6. The van der Waals surface area contributed by atoms with Gasteiger partial charge in [0, 0.05) is 6.54 Å². The summed E-state index contributed by atoms with van der Waals surface area (Å²) in [5.74, 6) is -0.821. The van der Waals surface area contributed by atoms with Gasteiger partial charge < -0.3 is 11.1 Å². The van der Waals surface area contributed by atoms with Crippen LogP contribution in [0.5, 0.6) is 0 Å². The van der Waals surface area contributed by atoms with E-state index in [9.17, 15) is 9.18 Å². The van der Waals surface area contributed by atoms with Gasteiger partial charge in [-0.1, -0.05) is 42.5 Å². The number of carbonyl (C=O) groups excluding carboxylic acids is 1. The first-order chi connectivity index (χ1) is 10.5. The zero-order valence-corrected chi connectivity index (χ0v) is 12.8. The molecule has 2 rings (SSSR count). The molecule has 0 saturated carbocycles. The summed E-state index contributed by atoms with van der Waals surface area (Å²) in [5, 5.41) is 2.91. The van der Waals surface area contributed by atoms with Gasteiger partial charge in [-0.2, -0.15) is 0 Å². The standard InChI is InChI=1S/C18H21FN2O/c1-12-8-9-15(10-17(12)19)13(2)21-18(22)16(11-20)14-6-4-3-5-7-14/h3-10,13,16H,11,20H2,1-2H3,(H,21,22)/t13-,16+/m1/s1. The summed E-state index contributed by atoms with van der Waals surface area (Å²) in [4.78, 5) is 12.4. The third-order valence-electron chi connectivity index (χ3n) is 3.81. The van der Waals surface area contributed by atoms with Gasteiger partial charge >= 0.3 is 0 Å². The Labute approximate surface area is 130 Å². The lowest BCUT2D eigenvalue weighted by Gasteiger charge is -2.20. The first kappa shape index (κ1) is 16.2. The van der Waals surface area contributed by atoms with Gasteiger partial charge in [0.15, 0.2) is 0 Å². The highest BCUT2D eigenvalue weighted by atomic mass is 19.1. The van der Waals surface area contributed by atoms with Crippen molar-refractivity contribution in [2.24, 2.45) is 5.73 Å². The zero-order chi connectivity index (χ0) is 16.1. The van der Waals surface area contributed by atoms with Gasteiger partial charge in [0.2, 0.25) is 5.91 Å². The third kappa shape index (κ3) is 3.71. The summed E-state index contributed by atoms with van der Waals surface area (Å²) < 4.78 is 13.6. The number of hydrogen-bond donors (Lipinski definition) is 2. The molecule has 2 aromatic rings. The molecule has 22 heavy (non-hydrogen) atoms. The Balaban J connectivity index is 2.11. The van der Waals surface area contributed by atoms with E-state index in [0.29, 0.717) is 5.56 Å². The van der Waals surface area contributed by atoms with E-state index in [-0.39, 0.29) is 24.3 Å². The van der Waals surface area contributed by atoms with Crippen molar-refractivity contribution in [1.82, 2.24) is 5.32 Å². The van der Waals surface area contributed by atoms with Crippen molar-refractivity contribution in [3.63, 3.8) is 0 Å². The quantitative estimate of drug-likeness (QED) is 0.891. The van der Waals surface area contributed by atoms with Crippen LogP contribution in [-0.2, 0) is 4.79 Å². The number of aryl methyl sites for hydroxylation is 1. The average molecular weight is 300 g/mol. The Morgan fingerprint density at radius 2 is 1.86 bits per heavy atom. The molecule has 2 atom stereocenters. The van der Waals surface area contributed by atoms with Crippen LogP contribution < -0.4 is 11.1 Å². The highest BCUT2D eigenvalue weighted by molar-refractivity contribution is 5.84. The molecule has 116 valence electrons. The van der Waals surface area contributed by atoms with Gasteiger partial charge in [-0.3, -0.25) is 4.79 Å². The maximum Gasteiger partial charge on any atom is 0.229 e. The Morgan fingerprint density at radius 3 is 2.45 bits per heavy atom. The minimum Gasteiger partial charge on any atom is -0.349 e. The topological polar surface area (TPSA) is 55.1 Å². The summed E-state index contributed by atoms with van der Waals surface area (Å²) in [5.41, 5.74) is 7.95. The van der Waals surface area contributed by atoms with E-state index in [1.807, 2.05) is 43.3 Å². The Bertz CT molecular complexity index is 643. The lowest BCUT2D eigenvalue weighted by atomic mass is 9.97. The molecule has 0 bridgehead atoms. The minimum atomic E-state index is -0.404. The smallest absolute Gasteiger partial charge is 0.229 e. The lowest BCUT2D eigenvalue weighted by molar-refractivity contribution is -0.123. The fourth-order valence-electron chi connectivity index (χ4n) is 2.36. The Kier molecular flexibility index (Phi) is 5.28. The second kappa shape index (κ2) is 7.18. The number of hydrogen-bond acceptors (Lipinski definition) is 2. The summed E-state index contributed by atoms with van der Waals surface area (Å²) in [7, 11) is 0. The van der Waals surface area contributed by atoms with Crippen molar-refractivity contribution in [2.45, 2.75) is 25.8 Å². The van der Waals surface area contributed by atoms with Crippen molar-refractivity contribution in [2.75, 3.05) is 6.54 Å². The molecule has 0 heterocycles. The van der Waals surface area contributed by atoms with Gasteiger partial charge in [0.25, 0.3) is 0 Å². The largest absolute Gasteiger partial charge is 0.349 e. The number of rotatable bonds is 5. The highest BCUT2D eigenvalue weighted by Crippen LogP contribution is 2.19. The van der Waals surface area contributed by atoms with Crippen LogP contribution in [0.15, 0.2) is 48.5 Å². The molecule has 0 saturated heterocycles. The van der Waals surface area contributed by atoms with Crippen molar-refractivity contribution < 1.29 is 9.18 Å². The molecule has 0 radical (unpaired) electrons. The van der Waals surface area contributed by atoms with Gasteiger partial charge in [0.1, 0.15) is 5.82 Å². The normalized spacial score (nSPS) is 13.5. The highest BCUT2D eigenvalue weighted by Gasteiger charge is 2.21. The molecule has 0 aromatic heterocycles. The Hall–Kier alpha value is -2.20. The van der Waals surface area contributed by atoms with Gasteiger partial charge in [-0.15, -0.1) is 0 Å². The third-order valence-corrected chi connectivity index (χ3v) is 3.81. The van der Waals surface area contributed by atoms with Crippen molar-refractivity contribution in [1.29, 1.82) is 0 Å². The predicted molar refractivity (Wildman–Crippen MR) is 85.9 cm³/mol. The second-order valence-electron chi connectivity index (χ2n) is 5.44. The van der Waals surface area contributed by atoms with Crippen LogP contribution in [0.1, 0.15) is 35.6 Å². The summed E-state index contributed by atoms with van der Waals surface area (Å²) in [6.45, 7) is 3.77. The molecule has 0 fully saturated rings. The molecule has 0 aliphatic heterocycles. The molecule has 1 amide bonds. The van der Waals surface area contributed by atoms with E-state index in [1.165, 1.54) is 6.07 Å². The fourth-order valence-corrected chi connectivity index (χ4v) is 2.36. The van der Waals surface area contributed by atoms with Gasteiger partial charge in [-0.05, 0) is 36.6 Å². The molecule has 2 aromatic carbocycles. The second-order valence-corrected chi connectivity index (χ2v) is 5.44. The van der Waals surface area contributed by atoms with Crippen LogP contribution in [0.3, 0.4) is 0 Å². The molecule has 4 heteroatoms. The number of nitrogens with two attached hydrogens (primary N) is 1. The van der Waals surface area contributed by atoms with E-state index in [2.05, 4.69) is 5.32 Å². The first-order valence-electron chi connectivity index (χ1n) is 7.34. The monoisotopic (exact) mass is 300 g/mol. The van der Waals surface area contributed by atoms with E-state index < -0.39 is 5.92 Å². The van der Waals surface area contributed by atoms with E-state index in [1.54, 1.807) is 13.0 Å². The van der Waals surface area contributed by atoms with Gasteiger partial charge in [0.05, 0.1) is 12.0 Å². The number of halogens is 1. The fraction of sp³-hybridized carbons (Fsp3) is 0.278. The van der Waals surface area contributed by atoms with E-state index in [0.717, 1.165) is 11.1 Å². The van der Waals surface area contributed by atoms with Gasteiger partial charge in [-0.25, -0.2) is 4.39 Å². The van der Waals surface area contributed by atoms with Crippen molar-refractivity contribution >= 4 is 5.91 Å². The van der Waals surface area contributed by atoms with Crippen molar-refractivity contribution in [3.05, 3.63) is 71.0 Å². The molecule has 3 nitrogen and oxygen atoms in total. The molecular weight excluding hydrogens is 279 g/mol. The SMILES string of the molecule is Cc1ccc([C@@H](C)NC(=O)[C@@H](CN)c2ccccc2)cc1F. The molecular formula is C18H21FN2O. The number of benzene rings is 2. The molecule has 0 spiro atoms. The minimum absolute atomic E-state index is 0.151. The van der Waals surface area contributed by atoms with E-state index in [4.69, 9.17) is 5.73 Å². The summed E-state index contributed by atoms with van der Waals surface area (Å²) in [6.07, 6.45) is 0. The van der Waals surface area contributed by atoms with Crippen LogP contribution >= 0.6 is 0 Å². The van der Waals surface area contributed by atoms with Crippen molar-refractivity contribution in [3.8, 4) is 0 Å². The molecule has 0 unspecified atom stereocenters. The van der Waals surface area contributed by atoms with Crippen LogP contribution in [-0.4, -0.2) is 12.5 Å². The van der Waals surface area contributed by atoms with Crippen LogP contribution in [0, 0.1) is 12.7 Å². The first-order valence-corrected chi connectivity index (χ1v) is 7.34. The lowest BCUT2D eigenvalue weighted by Crippen LogP contribution is -2.35. The van der Waals surface area contributed by atoms with E-state index >= 15 is 0 Å². The predicted octanol–water partition coefficient (Wildman–Crippen LogP) is 3.05. The molecule has 0 aliphatic carbocycles. The number of amides is 1. The number of nitrogens with one attached hydrogen (secondary N) is 1. The Morgan fingerprint density at radius 1 is 1.18 bits per heavy atom. The summed E-state index contributed by atoms with van der Waals surface area (Å²) in [6, 6.07) is 14.1.